The first-order valence-corrected chi connectivity index (χ1v) is 25.0. The van der Waals surface area contributed by atoms with Gasteiger partial charge < -0.3 is 41.7 Å². The molecule has 1 saturated heterocycles. The van der Waals surface area contributed by atoms with E-state index in [2.05, 4.69) is 33.2 Å². The fraction of sp³-hybridized carbons (Fsp3) is 0.500. The molecule has 16 nitrogen and oxygen atoms in total. The fourth-order valence-electron chi connectivity index (χ4n) is 9.55. The lowest BCUT2D eigenvalue weighted by atomic mass is 9.85. The van der Waals surface area contributed by atoms with Gasteiger partial charge in [0.1, 0.15) is 12.1 Å². The molecule has 0 spiro atoms. The van der Waals surface area contributed by atoms with Gasteiger partial charge in [-0.2, -0.15) is 5.48 Å². The van der Waals surface area contributed by atoms with Gasteiger partial charge in [-0.25, -0.2) is 4.98 Å². The molecule has 0 aliphatic carbocycles. The molecule has 1 fully saturated rings. The number of aromatic nitrogens is 1. The van der Waals surface area contributed by atoms with E-state index in [1.807, 2.05) is 77.1 Å². The number of aliphatic hydroxyl groups excluding tert-OH is 1. The smallest absolute Gasteiger partial charge is 0.275 e. The number of nitrogens with two attached hydrogens (primary N) is 2. The van der Waals surface area contributed by atoms with Crippen LogP contribution in [0.4, 0.5) is 5.69 Å². The number of aryl methyl sites for hydroxylation is 3. The number of nitrogens with one attached hydrogen (secondary N) is 3. The Bertz CT molecular complexity index is 2440. The molecule has 69 heavy (non-hydrogen) atoms. The van der Waals surface area contributed by atoms with Crippen molar-refractivity contribution in [3.8, 4) is 16.2 Å². The molecule has 7 atom stereocenters. The van der Waals surface area contributed by atoms with Crippen LogP contribution in [0, 0.1) is 12.3 Å². The summed E-state index contributed by atoms with van der Waals surface area (Å²) in [5.74, 6) is -1.35. The van der Waals surface area contributed by atoms with Gasteiger partial charge in [0.25, 0.3) is 5.91 Å². The van der Waals surface area contributed by atoms with Crippen LogP contribution >= 0.6 is 11.3 Å². The van der Waals surface area contributed by atoms with Gasteiger partial charge in [-0.05, 0) is 116 Å². The third-order valence-electron chi connectivity index (χ3n) is 13.5. The Morgan fingerprint density at radius 2 is 1.68 bits per heavy atom. The lowest BCUT2D eigenvalue weighted by Crippen LogP contribution is -2.57. The standard InChI is InChI=1S/C52H68N8O8S/c1-31-46(69-30-56-31)36-17-20-39(21-18-36)68-58-49(64)42-27-38(61)28-59(42)51(66)47(52(3,4)5)55-25-8-6-7-10-33-13-15-34(16-14-33)29-67-32(2)41(23-24-44(54)62)57-48(63)43-26-37-12-9-11-35-19-22-40(53)50(65)60(43)45(35)37/h9,11-18,20-21,30,32,38,40-43,47,55,61H,6-8,10,19,22-29,53H2,1-5H3,(H2,54,62)(H,57,63)(H,58,64)/t32-,38-,40+,41+,42+,43+,47-/m1/s1. The number of likely N-dealkylation sites (tertiary alicyclic amines) is 1. The van der Waals surface area contributed by atoms with Crippen LogP contribution in [0.2, 0.25) is 0 Å². The second-order valence-electron chi connectivity index (χ2n) is 19.8. The van der Waals surface area contributed by atoms with Crippen LogP contribution in [0.15, 0.2) is 72.2 Å². The van der Waals surface area contributed by atoms with Gasteiger partial charge in [0.05, 0.1) is 58.7 Å². The van der Waals surface area contributed by atoms with E-state index in [0.29, 0.717) is 38.2 Å². The molecule has 0 saturated carbocycles. The summed E-state index contributed by atoms with van der Waals surface area (Å²) in [5, 5.41) is 17.2. The average molecular weight is 965 g/mol. The van der Waals surface area contributed by atoms with E-state index in [0.717, 1.165) is 64.2 Å². The number of nitrogens with zero attached hydrogens (tertiary/aromatic N) is 3. The number of hydrogen-bond acceptors (Lipinski definition) is 12. The number of hydroxylamine groups is 1. The number of aliphatic hydroxyl groups is 1. The summed E-state index contributed by atoms with van der Waals surface area (Å²) >= 11 is 1.55. The summed E-state index contributed by atoms with van der Waals surface area (Å²) in [7, 11) is 0. The molecule has 4 aromatic rings. The monoisotopic (exact) mass is 964 g/mol. The highest BCUT2D eigenvalue weighted by atomic mass is 32.1. The molecular formula is C52H68N8O8S. The number of unbranched alkanes of at least 4 members (excludes halogenated alkanes) is 2. The highest BCUT2D eigenvalue weighted by Gasteiger charge is 2.45. The van der Waals surface area contributed by atoms with E-state index < -0.39 is 59.6 Å². The SMILES string of the molecule is Cc1ncsc1-c1ccc(ONC(=O)[C@@H]2C[C@@H](O)CN2C(=O)[C@@H](NCCCCCc2ccc(CO[C@H](C)[C@H](CCC(N)=O)NC(=O)[C@@H]3Cc4cccc5c4N3C(=O)[C@@H](N)CC5)cc2)C(C)(C)C)cc1. The minimum atomic E-state index is -0.878. The van der Waals surface area contributed by atoms with Crippen molar-refractivity contribution in [1.29, 1.82) is 0 Å². The molecule has 4 heterocycles. The van der Waals surface area contributed by atoms with Crippen molar-refractivity contribution < 1.29 is 38.7 Å². The van der Waals surface area contributed by atoms with Crippen LogP contribution in [0.5, 0.6) is 5.75 Å². The van der Waals surface area contributed by atoms with E-state index in [4.69, 9.17) is 21.0 Å². The molecule has 17 heteroatoms. The predicted octanol–water partition coefficient (Wildman–Crippen LogP) is 4.79. The van der Waals surface area contributed by atoms with Crippen molar-refractivity contribution in [2.24, 2.45) is 16.9 Å². The molecule has 3 aromatic carbocycles. The van der Waals surface area contributed by atoms with E-state index in [1.165, 1.54) is 10.5 Å². The molecule has 7 rings (SSSR count). The quantitative estimate of drug-likeness (QED) is 0.0491. The van der Waals surface area contributed by atoms with Crippen molar-refractivity contribution >= 4 is 46.6 Å². The average Bonchev–Trinajstić information content (AvgIpc) is 4.04. The number of carbonyl (C=O) groups is 5. The maximum atomic E-state index is 14.1. The van der Waals surface area contributed by atoms with Crippen molar-refractivity contribution in [3.05, 3.63) is 100 Å². The summed E-state index contributed by atoms with van der Waals surface area (Å²) in [6, 6.07) is 18.0. The first-order valence-electron chi connectivity index (χ1n) is 24.1. The van der Waals surface area contributed by atoms with Gasteiger partial charge in [-0.3, -0.25) is 28.9 Å². The van der Waals surface area contributed by atoms with Crippen LogP contribution in [0.3, 0.4) is 0 Å². The van der Waals surface area contributed by atoms with Gasteiger partial charge in [-0.15, -0.1) is 11.3 Å². The third-order valence-corrected chi connectivity index (χ3v) is 14.5. The van der Waals surface area contributed by atoms with Gasteiger partial charge in [0, 0.05) is 25.8 Å². The molecule has 0 unspecified atom stereocenters. The number of β-amino-alcohol motifs (C(OH)–C–C–N with tert-alkyl or cyclic N) is 1. The number of primary amides is 1. The first-order chi connectivity index (χ1) is 33.0. The molecule has 3 aliphatic rings. The summed E-state index contributed by atoms with van der Waals surface area (Å²) in [4.78, 5) is 80.6. The van der Waals surface area contributed by atoms with E-state index >= 15 is 0 Å². The largest absolute Gasteiger partial charge is 0.391 e. The van der Waals surface area contributed by atoms with E-state index in [-0.39, 0.29) is 43.5 Å². The van der Waals surface area contributed by atoms with Gasteiger partial charge >= 0.3 is 0 Å². The highest BCUT2D eigenvalue weighted by Crippen LogP contribution is 2.39. The molecule has 370 valence electrons. The van der Waals surface area contributed by atoms with Crippen LogP contribution in [-0.2, 0) is 54.6 Å². The Kier molecular flexibility index (Phi) is 16.9. The van der Waals surface area contributed by atoms with E-state index in [9.17, 15) is 29.1 Å². The predicted molar refractivity (Wildman–Crippen MR) is 265 cm³/mol. The summed E-state index contributed by atoms with van der Waals surface area (Å²) < 4.78 is 6.27. The van der Waals surface area contributed by atoms with Crippen molar-refractivity contribution in [1.82, 2.24) is 26.0 Å². The minimum absolute atomic E-state index is 0.0595. The zero-order valence-corrected chi connectivity index (χ0v) is 41.2. The maximum Gasteiger partial charge on any atom is 0.275 e. The Labute approximate surface area is 408 Å². The van der Waals surface area contributed by atoms with Crippen LogP contribution in [0.1, 0.15) is 101 Å². The Hall–Kier alpha value is -5.72. The molecule has 1 aromatic heterocycles. The maximum absolute atomic E-state index is 14.1. The van der Waals surface area contributed by atoms with Crippen LogP contribution in [0.25, 0.3) is 10.4 Å². The third kappa shape index (κ3) is 12.7. The van der Waals surface area contributed by atoms with Crippen LogP contribution < -0.4 is 37.3 Å². The lowest BCUT2D eigenvalue weighted by Gasteiger charge is -2.35. The minimum Gasteiger partial charge on any atom is -0.391 e. The number of rotatable bonds is 21. The molecule has 0 radical (unpaired) electrons. The van der Waals surface area contributed by atoms with Crippen LogP contribution in [-0.4, -0.2) is 100 Å². The fourth-order valence-corrected chi connectivity index (χ4v) is 10.4. The summed E-state index contributed by atoms with van der Waals surface area (Å²) in [5.41, 5.74) is 22.4. The molecular weight excluding hydrogens is 897 g/mol. The second-order valence-corrected chi connectivity index (χ2v) is 20.6. The Morgan fingerprint density at radius 1 is 0.957 bits per heavy atom. The molecule has 3 aliphatic heterocycles. The number of hydrogen-bond donors (Lipinski definition) is 6. The number of thiazole rings is 1. The number of ether oxygens (including phenoxy) is 1. The molecule has 8 N–H and O–H groups in total. The summed E-state index contributed by atoms with van der Waals surface area (Å²) in [6.45, 7) is 10.7. The number of anilines is 1. The highest BCUT2D eigenvalue weighted by molar-refractivity contribution is 7.13. The Morgan fingerprint density at radius 3 is 2.38 bits per heavy atom. The topological polar surface area (TPSA) is 232 Å². The molecule has 5 amide bonds. The van der Waals surface area contributed by atoms with Gasteiger partial charge in [-0.1, -0.05) is 69.7 Å². The number of benzene rings is 3. The second kappa shape index (κ2) is 22.8. The zero-order chi connectivity index (χ0) is 49.4. The van der Waals surface area contributed by atoms with Crippen molar-refractivity contribution in [2.75, 3.05) is 18.0 Å². The van der Waals surface area contributed by atoms with Crippen molar-refractivity contribution in [2.45, 2.75) is 148 Å². The molecule has 0 bridgehead atoms. The lowest BCUT2D eigenvalue weighted by molar-refractivity contribution is -0.144. The number of para-hydroxylation sites is 1. The van der Waals surface area contributed by atoms with E-state index in [1.54, 1.807) is 33.9 Å². The Balaban J connectivity index is 0.844. The van der Waals surface area contributed by atoms with Gasteiger partial charge in [0.2, 0.25) is 23.6 Å². The normalized spacial score (nSPS) is 20.2. The summed E-state index contributed by atoms with van der Waals surface area (Å²) in [6.07, 6.45) is 4.32. The first kappa shape index (κ1) is 51.1. The zero-order valence-electron chi connectivity index (χ0n) is 40.4. The number of amides is 5. The van der Waals surface area contributed by atoms with Gasteiger partial charge in [0.15, 0.2) is 5.75 Å². The number of carbonyl (C=O) groups excluding carboxylic acids is 5. The van der Waals surface area contributed by atoms with Crippen molar-refractivity contribution in [3.63, 3.8) is 0 Å².